The van der Waals surface area contributed by atoms with Gasteiger partial charge in [-0.2, -0.15) is 0 Å². The van der Waals surface area contributed by atoms with Crippen LogP contribution in [0.15, 0.2) is 6.20 Å². The van der Waals surface area contributed by atoms with Crippen molar-refractivity contribution in [1.29, 1.82) is 0 Å². The number of fused-ring (bicyclic) bond motifs is 1. The molecular weight excluding hydrogens is 168 g/mol. The van der Waals surface area contributed by atoms with E-state index in [0.717, 1.165) is 30.9 Å². The molecule has 2 rings (SSSR count). The van der Waals surface area contributed by atoms with Gasteiger partial charge in [-0.25, -0.2) is 4.98 Å². The molecule has 0 aliphatic carbocycles. The van der Waals surface area contributed by atoms with Gasteiger partial charge in [-0.15, -0.1) is 0 Å². The number of hydrogen-bond donors (Lipinski definition) is 2. The third-order valence-corrected chi connectivity index (χ3v) is 2.51. The monoisotopic (exact) mass is 182 g/mol. The summed E-state index contributed by atoms with van der Waals surface area (Å²) in [5.74, 6) is 0.885. The molecule has 1 unspecified atom stereocenters. The molecular formula is C9H14N2O2. The zero-order chi connectivity index (χ0) is 9.26. The number of imidazole rings is 1. The first-order valence-corrected chi connectivity index (χ1v) is 4.66. The van der Waals surface area contributed by atoms with E-state index in [2.05, 4.69) is 4.98 Å². The number of aliphatic hydroxyl groups excluding tert-OH is 2. The van der Waals surface area contributed by atoms with Gasteiger partial charge in [0.25, 0.3) is 0 Å². The minimum Gasteiger partial charge on any atom is -0.396 e. The Bertz CT molecular complexity index is 296. The van der Waals surface area contributed by atoms with E-state index in [1.807, 2.05) is 4.57 Å². The molecule has 0 bridgehead atoms. The highest BCUT2D eigenvalue weighted by Crippen LogP contribution is 2.25. The number of rotatable bonds is 2. The molecule has 1 atom stereocenters. The standard InChI is InChI=1S/C9H14N2O2/c12-5-3-9-10-6-7-8(13)2-1-4-11(7)9/h6,8,12-13H,1-5H2. The maximum atomic E-state index is 9.62. The van der Waals surface area contributed by atoms with E-state index in [-0.39, 0.29) is 12.7 Å². The van der Waals surface area contributed by atoms with Crippen LogP contribution in [0, 0.1) is 0 Å². The molecule has 1 aliphatic heterocycles. The van der Waals surface area contributed by atoms with Gasteiger partial charge in [-0.1, -0.05) is 0 Å². The summed E-state index contributed by atoms with van der Waals surface area (Å²) in [6, 6.07) is 0. The van der Waals surface area contributed by atoms with Crippen LogP contribution in [0.1, 0.15) is 30.5 Å². The fourth-order valence-electron chi connectivity index (χ4n) is 1.84. The predicted octanol–water partition coefficient (Wildman–Crippen LogP) is 0.245. The summed E-state index contributed by atoms with van der Waals surface area (Å²) < 4.78 is 2.02. The predicted molar refractivity (Wildman–Crippen MR) is 47.2 cm³/mol. The molecule has 0 saturated heterocycles. The molecule has 1 aromatic heterocycles. The number of aromatic nitrogens is 2. The second-order valence-electron chi connectivity index (χ2n) is 3.38. The van der Waals surface area contributed by atoms with E-state index in [0.29, 0.717) is 6.42 Å². The van der Waals surface area contributed by atoms with Gasteiger partial charge in [0.05, 0.1) is 24.6 Å². The molecule has 72 valence electrons. The van der Waals surface area contributed by atoms with E-state index >= 15 is 0 Å². The molecule has 13 heavy (non-hydrogen) atoms. The van der Waals surface area contributed by atoms with Crippen LogP contribution in [-0.2, 0) is 13.0 Å². The number of aliphatic hydroxyl groups is 2. The van der Waals surface area contributed by atoms with Crippen LogP contribution in [0.25, 0.3) is 0 Å². The van der Waals surface area contributed by atoms with Crippen LogP contribution in [0.4, 0.5) is 0 Å². The molecule has 4 nitrogen and oxygen atoms in total. The Kier molecular flexibility index (Phi) is 2.33. The smallest absolute Gasteiger partial charge is 0.111 e. The number of hydrogen-bond acceptors (Lipinski definition) is 3. The first-order valence-electron chi connectivity index (χ1n) is 4.66. The van der Waals surface area contributed by atoms with Crippen molar-refractivity contribution in [2.75, 3.05) is 6.61 Å². The molecule has 2 heterocycles. The van der Waals surface area contributed by atoms with Gasteiger partial charge >= 0.3 is 0 Å². The summed E-state index contributed by atoms with van der Waals surface area (Å²) in [4.78, 5) is 4.18. The minimum absolute atomic E-state index is 0.118. The van der Waals surface area contributed by atoms with Gasteiger partial charge in [-0.05, 0) is 12.8 Å². The Morgan fingerprint density at radius 2 is 2.46 bits per heavy atom. The average molecular weight is 182 g/mol. The average Bonchev–Trinajstić information content (AvgIpc) is 2.51. The molecule has 0 spiro atoms. The van der Waals surface area contributed by atoms with E-state index in [9.17, 15) is 5.11 Å². The van der Waals surface area contributed by atoms with Crippen molar-refractivity contribution in [1.82, 2.24) is 9.55 Å². The van der Waals surface area contributed by atoms with E-state index in [4.69, 9.17) is 5.11 Å². The van der Waals surface area contributed by atoms with Gasteiger partial charge in [0.1, 0.15) is 5.82 Å². The van der Waals surface area contributed by atoms with Crippen molar-refractivity contribution in [3.8, 4) is 0 Å². The summed E-state index contributed by atoms with van der Waals surface area (Å²) >= 11 is 0. The van der Waals surface area contributed by atoms with Crippen LogP contribution in [-0.4, -0.2) is 26.4 Å². The summed E-state index contributed by atoms with van der Waals surface area (Å²) in [5.41, 5.74) is 0.898. The van der Waals surface area contributed by atoms with Gasteiger partial charge in [0.2, 0.25) is 0 Å². The van der Waals surface area contributed by atoms with Crippen molar-refractivity contribution in [3.63, 3.8) is 0 Å². The number of nitrogens with zero attached hydrogens (tertiary/aromatic N) is 2. The maximum Gasteiger partial charge on any atom is 0.111 e. The van der Waals surface area contributed by atoms with Gasteiger partial charge in [-0.3, -0.25) is 0 Å². The zero-order valence-corrected chi connectivity index (χ0v) is 7.48. The molecule has 0 radical (unpaired) electrons. The molecule has 0 aromatic carbocycles. The van der Waals surface area contributed by atoms with Crippen LogP contribution in [0.5, 0.6) is 0 Å². The summed E-state index contributed by atoms with van der Waals surface area (Å²) in [5, 5.41) is 18.4. The first-order chi connectivity index (χ1) is 6.33. The lowest BCUT2D eigenvalue weighted by atomic mass is 10.1. The molecule has 0 fully saturated rings. The Morgan fingerprint density at radius 3 is 3.23 bits per heavy atom. The zero-order valence-electron chi connectivity index (χ0n) is 7.48. The van der Waals surface area contributed by atoms with Crippen molar-refractivity contribution in [2.45, 2.75) is 31.9 Å². The Labute approximate surface area is 76.8 Å². The highest BCUT2D eigenvalue weighted by Gasteiger charge is 2.20. The molecule has 4 heteroatoms. The summed E-state index contributed by atoms with van der Waals surface area (Å²) in [6.07, 6.45) is 3.74. The van der Waals surface area contributed by atoms with E-state index < -0.39 is 0 Å². The van der Waals surface area contributed by atoms with Crippen molar-refractivity contribution < 1.29 is 10.2 Å². The minimum atomic E-state index is -0.367. The molecule has 2 N–H and O–H groups in total. The van der Waals surface area contributed by atoms with Gasteiger partial charge in [0.15, 0.2) is 0 Å². The fourth-order valence-corrected chi connectivity index (χ4v) is 1.84. The first kappa shape index (κ1) is 8.72. The Morgan fingerprint density at radius 1 is 1.62 bits per heavy atom. The largest absolute Gasteiger partial charge is 0.396 e. The normalized spacial score (nSPS) is 21.5. The quantitative estimate of drug-likeness (QED) is 0.689. The summed E-state index contributed by atoms with van der Waals surface area (Å²) in [6.45, 7) is 1.04. The third-order valence-electron chi connectivity index (χ3n) is 2.51. The topological polar surface area (TPSA) is 58.3 Å². The van der Waals surface area contributed by atoms with Crippen LogP contribution < -0.4 is 0 Å². The fraction of sp³-hybridized carbons (Fsp3) is 0.667. The van der Waals surface area contributed by atoms with E-state index in [1.54, 1.807) is 6.20 Å². The third kappa shape index (κ3) is 1.47. The second-order valence-corrected chi connectivity index (χ2v) is 3.38. The highest BCUT2D eigenvalue weighted by molar-refractivity contribution is 5.10. The SMILES string of the molecule is OCCc1ncc2n1CCCC2O. The van der Waals surface area contributed by atoms with Crippen molar-refractivity contribution in [3.05, 3.63) is 17.7 Å². The van der Waals surface area contributed by atoms with E-state index in [1.165, 1.54) is 0 Å². The van der Waals surface area contributed by atoms with Gasteiger partial charge in [0, 0.05) is 13.0 Å². The lowest BCUT2D eigenvalue weighted by Crippen LogP contribution is -2.17. The van der Waals surface area contributed by atoms with Gasteiger partial charge < -0.3 is 14.8 Å². The second kappa shape index (κ2) is 3.47. The molecule has 1 aromatic rings. The lowest BCUT2D eigenvalue weighted by molar-refractivity contribution is 0.138. The molecule has 0 amide bonds. The van der Waals surface area contributed by atoms with Crippen molar-refractivity contribution >= 4 is 0 Å². The Hall–Kier alpha value is -0.870. The van der Waals surface area contributed by atoms with Crippen molar-refractivity contribution in [2.24, 2.45) is 0 Å². The lowest BCUT2D eigenvalue weighted by Gasteiger charge is -2.21. The maximum absolute atomic E-state index is 9.62. The molecule has 0 saturated carbocycles. The molecule has 1 aliphatic rings. The highest BCUT2D eigenvalue weighted by atomic mass is 16.3. The Balaban J connectivity index is 2.30. The summed E-state index contributed by atoms with van der Waals surface area (Å²) in [7, 11) is 0. The van der Waals surface area contributed by atoms with Crippen LogP contribution in [0.3, 0.4) is 0 Å². The van der Waals surface area contributed by atoms with Crippen LogP contribution >= 0.6 is 0 Å². The van der Waals surface area contributed by atoms with Crippen LogP contribution in [0.2, 0.25) is 0 Å².